The predicted octanol–water partition coefficient (Wildman–Crippen LogP) is 4.89. The molecule has 1 aliphatic heterocycles. The minimum Gasteiger partial charge on any atom is -0.466 e. The van der Waals surface area contributed by atoms with Crippen LogP contribution in [0.25, 0.3) is 21.5 Å². The number of aromatic amines is 1. The number of para-hydroxylation sites is 1. The van der Waals surface area contributed by atoms with Gasteiger partial charge in [-0.2, -0.15) is 4.98 Å². The van der Waals surface area contributed by atoms with Crippen LogP contribution in [0.4, 0.5) is 16.4 Å². The van der Waals surface area contributed by atoms with Crippen molar-refractivity contribution in [1.29, 1.82) is 0 Å². The molecule has 4 N–H and O–H groups in total. The number of nitrogens with one attached hydrogen (secondary N) is 4. The number of Topliss-reactive ketones (excluding diaryl/α,β-unsaturated/α-hetero) is 1. The summed E-state index contributed by atoms with van der Waals surface area (Å²) in [7, 11) is 0. The maximum Gasteiger partial charge on any atom is 0.326 e. The van der Waals surface area contributed by atoms with Gasteiger partial charge < -0.3 is 15.0 Å². The number of thiazole rings is 1. The van der Waals surface area contributed by atoms with E-state index in [1.165, 1.54) is 11.3 Å². The minimum absolute atomic E-state index is 0.00936. The molecule has 2 amide bonds. The summed E-state index contributed by atoms with van der Waals surface area (Å²) in [6.45, 7) is 1.53. The van der Waals surface area contributed by atoms with Crippen molar-refractivity contribution in [2.24, 2.45) is 5.92 Å². The number of nitrogens with zero attached hydrogens (tertiary/aromatic N) is 3. The van der Waals surface area contributed by atoms with Crippen LogP contribution in [0, 0.1) is 5.92 Å². The smallest absolute Gasteiger partial charge is 0.326 e. The highest BCUT2D eigenvalue weighted by Gasteiger charge is 2.33. The number of anilines is 2. The van der Waals surface area contributed by atoms with E-state index in [9.17, 15) is 9.59 Å². The zero-order chi connectivity index (χ0) is 27.3. The average Bonchev–Trinajstić information content (AvgIpc) is 3.75. The Labute approximate surface area is 234 Å². The van der Waals surface area contributed by atoms with Crippen molar-refractivity contribution in [3.05, 3.63) is 84.1 Å². The fraction of sp³-hybridized carbons (Fsp3) is 0.207. The van der Waals surface area contributed by atoms with Crippen molar-refractivity contribution in [2.45, 2.75) is 18.9 Å². The van der Waals surface area contributed by atoms with Gasteiger partial charge in [0.15, 0.2) is 11.9 Å². The maximum atomic E-state index is 13.5. The third-order valence-electron chi connectivity index (χ3n) is 6.77. The fourth-order valence-electron chi connectivity index (χ4n) is 4.83. The molecule has 5 aromatic rings. The van der Waals surface area contributed by atoms with Crippen LogP contribution in [-0.4, -0.2) is 50.9 Å². The number of H-pyrrole nitrogens is 1. The molecule has 1 aliphatic rings. The minimum atomic E-state index is -0.665. The second kappa shape index (κ2) is 11.6. The molecule has 11 heteroatoms. The number of amides is 2. The van der Waals surface area contributed by atoms with Gasteiger partial charge >= 0.3 is 6.03 Å². The van der Waals surface area contributed by atoms with Crippen LogP contribution >= 0.6 is 11.3 Å². The molecule has 0 saturated carbocycles. The fourth-order valence-corrected chi connectivity index (χ4v) is 5.59. The molecule has 10 nitrogen and oxygen atoms in total. The molecule has 1 saturated heterocycles. The Hall–Kier alpha value is -4.61. The molecule has 2 atom stereocenters. The molecule has 1 fully saturated rings. The number of benzene rings is 1. The van der Waals surface area contributed by atoms with E-state index in [1.54, 1.807) is 36.0 Å². The Balaban J connectivity index is 1.12. The average molecular weight is 554 g/mol. The Morgan fingerprint density at radius 1 is 1.02 bits per heavy atom. The van der Waals surface area contributed by atoms with Gasteiger partial charge in [-0.1, -0.05) is 24.3 Å². The quantitative estimate of drug-likeness (QED) is 0.204. The first kappa shape index (κ1) is 25.7. The lowest BCUT2D eigenvalue weighted by molar-refractivity contribution is -0.127. The van der Waals surface area contributed by atoms with Gasteiger partial charge in [0.05, 0.1) is 0 Å². The van der Waals surface area contributed by atoms with E-state index in [0.717, 1.165) is 40.0 Å². The monoisotopic (exact) mass is 553 g/mol. The molecule has 0 bridgehead atoms. The topological polar surface area (TPSA) is 134 Å². The summed E-state index contributed by atoms with van der Waals surface area (Å²) in [5, 5.41) is 12.3. The first-order valence-electron chi connectivity index (χ1n) is 13.0. The second-order valence-corrected chi connectivity index (χ2v) is 10.4. The number of hydrogen-bond acceptors (Lipinski definition) is 8. The summed E-state index contributed by atoms with van der Waals surface area (Å²) in [5.41, 5.74) is 2.86. The Kier molecular flexibility index (Phi) is 7.47. The summed E-state index contributed by atoms with van der Waals surface area (Å²) in [5.74, 6) is 1.02. The Bertz CT molecular complexity index is 1630. The number of aromatic nitrogens is 4. The van der Waals surface area contributed by atoms with Crippen LogP contribution in [0.5, 0.6) is 5.88 Å². The number of rotatable bonds is 9. The van der Waals surface area contributed by atoms with Crippen molar-refractivity contribution in [3.63, 3.8) is 0 Å². The van der Waals surface area contributed by atoms with Gasteiger partial charge in [-0.25, -0.2) is 9.78 Å². The van der Waals surface area contributed by atoms with E-state index in [1.807, 2.05) is 42.6 Å². The summed E-state index contributed by atoms with van der Waals surface area (Å²) < 4.78 is 6.22. The van der Waals surface area contributed by atoms with Crippen LogP contribution in [-0.2, 0) is 11.2 Å². The SMILES string of the molecule is O=C(Nc1cccc(OC(C(=O)Cc2c[nH]c3ccccc23)C2CCNC2)n1)Nc1csc(-c2ccncc2)n1. The van der Waals surface area contributed by atoms with Crippen LogP contribution in [0.2, 0.25) is 0 Å². The maximum absolute atomic E-state index is 13.5. The van der Waals surface area contributed by atoms with Crippen molar-refractivity contribution >= 4 is 45.7 Å². The number of carbonyl (C=O) groups excluding carboxylic acids is 2. The molecule has 6 rings (SSSR count). The van der Waals surface area contributed by atoms with Crippen molar-refractivity contribution in [2.75, 3.05) is 23.7 Å². The number of urea groups is 1. The highest BCUT2D eigenvalue weighted by molar-refractivity contribution is 7.13. The third-order valence-corrected chi connectivity index (χ3v) is 7.66. The van der Waals surface area contributed by atoms with Crippen molar-refractivity contribution in [3.8, 4) is 16.5 Å². The largest absolute Gasteiger partial charge is 0.466 e. The van der Waals surface area contributed by atoms with Gasteiger partial charge in [0.2, 0.25) is 5.88 Å². The number of hydrogen-bond donors (Lipinski definition) is 4. The lowest BCUT2D eigenvalue weighted by Gasteiger charge is -2.23. The van der Waals surface area contributed by atoms with Gasteiger partial charge in [0.1, 0.15) is 16.6 Å². The molecule has 0 aliphatic carbocycles. The summed E-state index contributed by atoms with van der Waals surface area (Å²) in [6.07, 6.45) is 5.69. The van der Waals surface area contributed by atoms with E-state index >= 15 is 0 Å². The van der Waals surface area contributed by atoms with Crippen LogP contribution in [0.15, 0.2) is 78.6 Å². The van der Waals surface area contributed by atoms with Gasteiger partial charge in [0.25, 0.3) is 0 Å². The van der Waals surface area contributed by atoms with Gasteiger partial charge in [-0.05, 0) is 42.8 Å². The molecular formula is C29H27N7O3S. The molecule has 2 unspecified atom stereocenters. The molecule has 0 radical (unpaired) electrons. The molecule has 202 valence electrons. The highest BCUT2D eigenvalue weighted by atomic mass is 32.1. The standard InChI is InChI=1S/C29H27N7O3S/c37-23(14-20-16-32-22-5-2-1-4-21(20)22)27(19-10-13-31-15-19)39-26-7-3-6-24(33-26)35-29(38)36-25-17-40-28(34-25)18-8-11-30-12-9-18/h1-9,11-12,16-17,19,27,31-32H,10,13-15H2,(H2,33,35,36,38). The van der Waals surface area contributed by atoms with Crippen LogP contribution in [0.3, 0.4) is 0 Å². The zero-order valence-electron chi connectivity index (χ0n) is 21.5. The normalized spacial score (nSPS) is 15.6. The second-order valence-electron chi connectivity index (χ2n) is 9.51. The zero-order valence-corrected chi connectivity index (χ0v) is 22.3. The van der Waals surface area contributed by atoms with Gasteiger partial charge in [-0.15, -0.1) is 11.3 Å². The van der Waals surface area contributed by atoms with Gasteiger partial charge in [-0.3, -0.25) is 20.4 Å². The Morgan fingerprint density at radius 2 is 1.88 bits per heavy atom. The summed E-state index contributed by atoms with van der Waals surface area (Å²) >= 11 is 1.42. The number of carbonyl (C=O) groups is 2. The molecule has 40 heavy (non-hydrogen) atoms. The molecular weight excluding hydrogens is 526 g/mol. The van der Waals surface area contributed by atoms with Crippen molar-refractivity contribution in [1.82, 2.24) is 25.3 Å². The highest BCUT2D eigenvalue weighted by Crippen LogP contribution is 2.26. The summed E-state index contributed by atoms with van der Waals surface area (Å²) in [4.78, 5) is 42.3. The molecule has 1 aromatic carbocycles. The molecule has 4 aromatic heterocycles. The number of ketones is 1. The number of ether oxygens (including phenoxy) is 1. The lowest BCUT2D eigenvalue weighted by atomic mass is 9.94. The summed E-state index contributed by atoms with van der Waals surface area (Å²) in [6, 6.07) is 16.3. The third kappa shape index (κ3) is 5.85. The predicted molar refractivity (Wildman–Crippen MR) is 155 cm³/mol. The van der Waals surface area contributed by atoms with E-state index in [-0.39, 0.29) is 24.0 Å². The van der Waals surface area contributed by atoms with E-state index in [4.69, 9.17) is 4.74 Å². The first-order valence-corrected chi connectivity index (χ1v) is 13.9. The molecule has 5 heterocycles. The van der Waals surface area contributed by atoms with E-state index < -0.39 is 12.1 Å². The van der Waals surface area contributed by atoms with Crippen LogP contribution in [0.1, 0.15) is 12.0 Å². The van der Waals surface area contributed by atoms with Crippen molar-refractivity contribution < 1.29 is 14.3 Å². The first-order chi connectivity index (χ1) is 19.6. The van der Waals surface area contributed by atoms with E-state index in [2.05, 4.69) is 35.9 Å². The Morgan fingerprint density at radius 3 is 2.73 bits per heavy atom. The number of fused-ring (bicyclic) bond motifs is 1. The number of pyridine rings is 2. The lowest BCUT2D eigenvalue weighted by Crippen LogP contribution is -2.37. The van der Waals surface area contributed by atoms with E-state index in [0.29, 0.717) is 18.2 Å². The molecule has 0 spiro atoms. The van der Waals surface area contributed by atoms with Crippen LogP contribution < -0.4 is 20.7 Å². The van der Waals surface area contributed by atoms with Gasteiger partial charge in [0, 0.05) is 65.4 Å².